The third-order valence-electron chi connectivity index (χ3n) is 4.36. The Morgan fingerprint density at radius 1 is 1.18 bits per heavy atom. The third kappa shape index (κ3) is 6.11. The van der Waals surface area contributed by atoms with Gasteiger partial charge in [0.25, 0.3) is 0 Å². The van der Waals surface area contributed by atoms with E-state index in [1.165, 1.54) is 11.8 Å². The van der Waals surface area contributed by atoms with E-state index in [1.54, 1.807) is 0 Å². The van der Waals surface area contributed by atoms with Crippen LogP contribution in [0.5, 0.6) is 0 Å². The standard InChI is InChI=1S/C17H22F3N3O4S/c1-11(24)22-14-3-5-23(6-4-14)16(25)21-10-12-7-13(17(18,19)20)9-15(8-12)28(2,26)27/h7-9,14H,3-6,10H2,1-2H3,(H,21,25)(H,22,24). The minimum absolute atomic E-state index is 0.0117. The first-order chi connectivity index (χ1) is 12.9. The number of piperidine rings is 1. The quantitative estimate of drug-likeness (QED) is 0.777. The molecule has 11 heteroatoms. The molecule has 0 atom stereocenters. The van der Waals surface area contributed by atoms with Crippen LogP contribution in [-0.2, 0) is 27.4 Å². The summed E-state index contributed by atoms with van der Waals surface area (Å²) in [5, 5.41) is 5.30. The first kappa shape index (κ1) is 22.0. The monoisotopic (exact) mass is 421 g/mol. The Balaban J connectivity index is 2.04. The smallest absolute Gasteiger partial charge is 0.353 e. The van der Waals surface area contributed by atoms with Gasteiger partial charge >= 0.3 is 12.2 Å². The highest BCUT2D eigenvalue weighted by molar-refractivity contribution is 7.90. The molecular formula is C17H22F3N3O4S. The van der Waals surface area contributed by atoms with Gasteiger partial charge in [0.05, 0.1) is 10.5 Å². The molecule has 1 heterocycles. The molecule has 0 spiro atoms. The van der Waals surface area contributed by atoms with Crippen LogP contribution in [0.1, 0.15) is 30.9 Å². The van der Waals surface area contributed by atoms with E-state index in [2.05, 4.69) is 10.6 Å². The number of alkyl halides is 3. The number of nitrogens with zero attached hydrogens (tertiary/aromatic N) is 1. The number of halogens is 3. The van der Waals surface area contributed by atoms with Gasteiger partial charge in [-0.25, -0.2) is 13.2 Å². The normalized spacial score (nSPS) is 16.0. The molecule has 0 aromatic heterocycles. The highest BCUT2D eigenvalue weighted by Gasteiger charge is 2.32. The van der Waals surface area contributed by atoms with Crippen molar-refractivity contribution in [2.24, 2.45) is 0 Å². The average molecular weight is 421 g/mol. The summed E-state index contributed by atoms with van der Waals surface area (Å²) in [6.45, 7) is 1.97. The zero-order chi connectivity index (χ0) is 21.1. The summed E-state index contributed by atoms with van der Waals surface area (Å²) in [5.41, 5.74) is -1.05. The van der Waals surface area contributed by atoms with Gasteiger partial charge in [-0.05, 0) is 36.6 Å². The number of hydrogen-bond donors (Lipinski definition) is 2. The van der Waals surface area contributed by atoms with Crippen LogP contribution in [0, 0.1) is 0 Å². The Kier molecular flexibility index (Phi) is 6.58. The number of carbonyl (C=O) groups is 2. The summed E-state index contributed by atoms with van der Waals surface area (Å²) in [6.07, 6.45) is -2.72. The molecule has 1 aromatic carbocycles. The Morgan fingerprint density at radius 3 is 2.29 bits per heavy atom. The zero-order valence-electron chi connectivity index (χ0n) is 15.5. The minimum Gasteiger partial charge on any atom is -0.353 e. The lowest BCUT2D eigenvalue weighted by molar-refractivity contribution is -0.137. The number of sulfone groups is 1. The van der Waals surface area contributed by atoms with Gasteiger partial charge in [-0.3, -0.25) is 4.79 Å². The molecule has 2 N–H and O–H groups in total. The Morgan fingerprint density at radius 2 is 1.79 bits per heavy atom. The first-order valence-electron chi connectivity index (χ1n) is 8.57. The summed E-state index contributed by atoms with van der Waals surface area (Å²) in [6, 6.07) is 2.04. The maximum Gasteiger partial charge on any atom is 0.416 e. The van der Waals surface area contributed by atoms with Crippen LogP contribution in [0.2, 0.25) is 0 Å². The molecule has 2 rings (SSSR count). The fraction of sp³-hybridized carbons (Fsp3) is 0.529. The molecule has 156 valence electrons. The first-order valence-corrected chi connectivity index (χ1v) is 10.5. The molecule has 1 fully saturated rings. The van der Waals surface area contributed by atoms with Crippen LogP contribution in [0.4, 0.5) is 18.0 Å². The summed E-state index contributed by atoms with van der Waals surface area (Å²) in [7, 11) is -3.84. The van der Waals surface area contributed by atoms with Crippen LogP contribution in [0.3, 0.4) is 0 Å². The molecule has 0 aliphatic carbocycles. The van der Waals surface area contributed by atoms with Gasteiger partial charge in [0.1, 0.15) is 0 Å². The summed E-state index contributed by atoms with van der Waals surface area (Å²) < 4.78 is 62.4. The zero-order valence-corrected chi connectivity index (χ0v) is 16.3. The van der Waals surface area contributed by atoms with E-state index in [9.17, 15) is 31.2 Å². The van der Waals surface area contributed by atoms with E-state index in [4.69, 9.17) is 0 Å². The topological polar surface area (TPSA) is 95.6 Å². The van der Waals surface area contributed by atoms with Gasteiger partial charge in [0.15, 0.2) is 9.84 Å². The number of carbonyl (C=O) groups excluding carboxylic acids is 2. The number of nitrogens with one attached hydrogen (secondary N) is 2. The lowest BCUT2D eigenvalue weighted by Gasteiger charge is -2.32. The minimum atomic E-state index is -4.70. The Labute approximate surface area is 161 Å². The molecular weight excluding hydrogens is 399 g/mol. The SMILES string of the molecule is CC(=O)NC1CCN(C(=O)NCc2cc(C(F)(F)F)cc(S(C)(=O)=O)c2)CC1. The third-order valence-corrected chi connectivity index (χ3v) is 5.45. The maximum absolute atomic E-state index is 13.0. The summed E-state index contributed by atoms with van der Waals surface area (Å²) in [4.78, 5) is 24.4. The van der Waals surface area contributed by atoms with Crippen molar-refractivity contribution in [1.82, 2.24) is 15.5 Å². The molecule has 1 saturated heterocycles. The van der Waals surface area contributed by atoms with E-state index in [-0.39, 0.29) is 24.1 Å². The van der Waals surface area contributed by atoms with Gasteiger partial charge < -0.3 is 15.5 Å². The maximum atomic E-state index is 13.0. The van der Waals surface area contributed by atoms with Gasteiger partial charge in [-0.1, -0.05) is 0 Å². The van der Waals surface area contributed by atoms with Crippen molar-refractivity contribution in [3.63, 3.8) is 0 Å². The van der Waals surface area contributed by atoms with Crippen molar-refractivity contribution in [3.8, 4) is 0 Å². The largest absolute Gasteiger partial charge is 0.416 e. The van der Waals surface area contributed by atoms with E-state index in [0.717, 1.165) is 18.4 Å². The molecule has 1 aromatic rings. The second kappa shape index (κ2) is 8.38. The van der Waals surface area contributed by atoms with Crippen molar-refractivity contribution in [1.29, 1.82) is 0 Å². The number of benzene rings is 1. The number of amides is 3. The van der Waals surface area contributed by atoms with Crippen molar-refractivity contribution in [2.75, 3.05) is 19.3 Å². The molecule has 0 radical (unpaired) electrons. The van der Waals surface area contributed by atoms with Crippen LogP contribution in [0.25, 0.3) is 0 Å². The fourth-order valence-corrected chi connectivity index (χ4v) is 3.65. The molecule has 28 heavy (non-hydrogen) atoms. The van der Waals surface area contributed by atoms with Gasteiger partial charge in [0, 0.05) is 38.9 Å². The molecule has 7 nitrogen and oxygen atoms in total. The van der Waals surface area contributed by atoms with Gasteiger partial charge in [-0.15, -0.1) is 0 Å². The molecule has 0 saturated carbocycles. The van der Waals surface area contributed by atoms with Gasteiger partial charge in [-0.2, -0.15) is 13.2 Å². The van der Waals surface area contributed by atoms with Crippen LogP contribution in [-0.4, -0.2) is 50.6 Å². The van der Waals surface area contributed by atoms with Crippen LogP contribution < -0.4 is 10.6 Å². The number of rotatable bonds is 4. The van der Waals surface area contributed by atoms with Crippen LogP contribution in [0.15, 0.2) is 23.1 Å². The number of urea groups is 1. The van der Waals surface area contributed by atoms with Crippen molar-refractivity contribution >= 4 is 21.8 Å². The predicted molar refractivity (Wildman–Crippen MR) is 95.2 cm³/mol. The molecule has 0 unspecified atom stereocenters. The average Bonchev–Trinajstić information content (AvgIpc) is 2.58. The second-order valence-electron chi connectivity index (χ2n) is 6.76. The second-order valence-corrected chi connectivity index (χ2v) is 8.77. The summed E-state index contributed by atoms with van der Waals surface area (Å²) in [5.74, 6) is -0.144. The lowest BCUT2D eigenvalue weighted by Crippen LogP contribution is -2.49. The summed E-state index contributed by atoms with van der Waals surface area (Å²) >= 11 is 0. The predicted octanol–water partition coefficient (Wildman–Crippen LogP) is 1.92. The number of likely N-dealkylation sites (tertiary alicyclic amines) is 1. The molecule has 1 aliphatic heterocycles. The molecule has 3 amide bonds. The highest BCUT2D eigenvalue weighted by Crippen LogP contribution is 2.31. The van der Waals surface area contributed by atoms with Crippen LogP contribution >= 0.6 is 0 Å². The highest BCUT2D eigenvalue weighted by atomic mass is 32.2. The van der Waals surface area contributed by atoms with Crippen molar-refractivity contribution in [2.45, 2.75) is 43.4 Å². The van der Waals surface area contributed by atoms with Crippen molar-refractivity contribution in [3.05, 3.63) is 29.3 Å². The van der Waals surface area contributed by atoms with E-state index >= 15 is 0 Å². The fourth-order valence-electron chi connectivity index (χ4n) is 2.94. The van der Waals surface area contributed by atoms with E-state index in [0.29, 0.717) is 32.0 Å². The van der Waals surface area contributed by atoms with E-state index in [1.807, 2.05) is 0 Å². The van der Waals surface area contributed by atoms with Crippen molar-refractivity contribution < 1.29 is 31.2 Å². The molecule has 1 aliphatic rings. The molecule has 0 bridgehead atoms. The van der Waals surface area contributed by atoms with E-state index < -0.39 is 32.5 Å². The lowest BCUT2D eigenvalue weighted by atomic mass is 10.1. The Bertz CT molecular complexity index is 848. The Hall–Kier alpha value is -2.30. The van der Waals surface area contributed by atoms with Gasteiger partial charge in [0.2, 0.25) is 5.91 Å². The number of hydrogen-bond acceptors (Lipinski definition) is 4.